The summed E-state index contributed by atoms with van der Waals surface area (Å²) in [7, 11) is 1.61. The quantitative estimate of drug-likeness (QED) is 0.720. The van der Waals surface area contributed by atoms with Crippen LogP contribution in [0.5, 0.6) is 5.75 Å². The van der Waals surface area contributed by atoms with Crippen LogP contribution in [0.1, 0.15) is 5.56 Å². The molecule has 1 fully saturated rings. The maximum absolute atomic E-state index is 13.2. The molecule has 0 aliphatic carbocycles. The van der Waals surface area contributed by atoms with Gasteiger partial charge in [0.25, 0.3) is 5.91 Å². The van der Waals surface area contributed by atoms with Crippen LogP contribution in [0.2, 0.25) is 0 Å². The van der Waals surface area contributed by atoms with Crippen molar-refractivity contribution >= 4 is 23.6 Å². The molecule has 2 aromatic rings. The molecule has 0 radical (unpaired) electrons. The fourth-order valence-corrected chi connectivity index (χ4v) is 3.21. The average molecular weight is 398 g/mol. The van der Waals surface area contributed by atoms with Crippen molar-refractivity contribution in [3.8, 4) is 5.75 Å². The predicted octanol–water partition coefficient (Wildman–Crippen LogP) is 1.21. The highest BCUT2D eigenvalue weighted by Gasteiger charge is 2.24. The number of hydrogen-bond donors (Lipinski definition) is 2. The molecular weight excluding hydrogens is 373 g/mol. The molecule has 2 aromatic carbocycles. The first kappa shape index (κ1) is 20.5. The molecule has 2 N–H and O–H groups in total. The smallest absolute Gasteiger partial charge is 0.279 e. The third-order valence-corrected chi connectivity index (χ3v) is 4.84. The summed E-state index contributed by atoms with van der Waals surface area (Å²) in [6.45, 7) is 2.86. The number of nitrogens with one attached hydrogen (secondary N) is 2. The topological polar surface area (TPSA) is 63.1 Å². The van der Waals surface area contributed by atoms with Gasteiger partial charge in [-0.3, -0.25) is 9.59 Å². The van der Waals surface area contributed by atoms with Gasteiger partial charge in [0.2, 0.25) is 5.91 Å². The summed E-state index contributed by atoms with van der Waals surface area (Å²) in [5.74, 6) is 0.188. The number of amides is 2. The molecule has 6 nitrogen and oxygen atoms in total. The number of carbonyl (C=O) groups excluding carboxylic acids is 2. The molecule has 0 atom stereocenters. The normalized spacial score (nSPS) is 14.8. The van der Waals surface area contributed by atoms with Gasteiger partial charge in [-0.1, -0.05) is 18.2 Å². The Kier molecular flexibility index (Phi) is 6.97. The number of quaternary nitrogens is 1. The zero-order valence-electron chi connectivity index (χ0n) is 16.4. The van der Waals surface area contributed by atoms with Gasteiger partial charge in [-0.25, -0.2) is 4.39 Å². The lowest BCUT2D eigenvalue weighted by atomic mass is 10.2. The number of halogens is 1. The standard InChI is InChI=1S/C22H24FN3O3/c1-29-20-8-5-17(6-9-20)7-10-22(28)26-13-11-25(12-14-26)16-21(27)24-19-4-2-3-18(23)15-19/h2-10,15H,11-14,16H2,1H3,(H,24,27)/p+1/b10-7+. The summed E-state index contributed by atoms with van der Waals surface area (Å²) in [6.07, 6.45) is 3.36. The number of nitrogens with zero attached hydrogens (tertiary/aromatic N) is 1. The Balaban J connectivity index is 1.43. The monoisotopic (exact) mass is 398 g/mol. The van der Waals surface area contributed by atoms with Crippen LogP contribution < -0.4 is 15.0 Å². The molecule has 1 aliphatic heterocycles. The molecule has 3 rings (SSSR count). The minimum absolute atomic E-state index is 0.0379. The highest BCUT2D eigenvalue weighted by molar-refractivity contribution is 5.92. The first-order chi connectivity index (χ1) is 14.0. The lowest BCUT2D eigenvalue weighted by Crippen LogP contribution is -3.15. The summed E-state index contributed by atoms with van der Waals surface area (Å²) in [6, 6.07) is 13.3. The summed E-state index contributed by atoms with van der Waals surface area (Å²) in [5.41, 5.74) is 1.38. The van der Waals surface area contributed by atoms with Crippen molar-refractivity contribution in [2.75, 3.05) is 45.2 Å². The van der Waals surface area contributed by atoms with Crippen molar-refractivity contribution in [3.63, 3.8) is 0 Å². The van der Waals surface area contributed by atoms with Crippen molar-refractivity contribution in [2.45, 2.75) is 0 Å². The average Bonchev–Trinajstić information content (AvgIpc) is 2.73. The minimum atomic E-state index is -0.384. The summed E-state index contributed by atoms with van der Waals surface area (Å²) < 4.78 is 18.3. The predicted molar refractivity (Wildman–Crippen MR) is 109 cm³/mol. The summed E-state index contributed by atoms with van der Waals surface area (Å²) in [5, 5.41) is 2.71. The van der Waals surface area contributed by atoms with E-state index in [9.17, 15) is 14.0 Å². The van der Waals surface area contributed by atoms with Gasteiger partial charge in [-0.15, -0.1) is 0 Å². The zero-order chi connectivity index (χ0) is 20.6. The van der Waals surface area contributed by atoms with Crippen LogP contribution in [0.25, 0.3) is 6.08 Å². The van der Waals surface area contributed by atoms with Crippen LogP contribution in [0.15, 0.2) is 54.6 Å². The highest BCUT2D eigenvalue weighted by atomic mass is 19.1. The highest BCUT2D eigenvalue weighted by Crippen LogP contribution is 2.12. The molecule has 2 amide bonds. The number of piperazine rings is 1. The van der Waals surface area contributed by atoms with E-state index < -0.39 is 0 Å². The van der Waals surface area contributed by atoms with Gasteiger partial charge >= 0.3 is 0 Å². The molecule has 152 valence electrons. The summed E-state index contributed by atoms with van der Waals surface area (Å²) >= 11 is 0. The third-order valence-electron chi connectivity index (χ3n) is 4.84. The molecule has 7 heteroatoms. The Morgan fingerprint density at radius 1 is 1.17 bits per heavy atom. The van der Waals surface area contributed by atoms with Crippen LogP contribution in [0, 0.1) is 5.82 Å². The van der Waals surface area contributed by atoms with Crippen LogP contribution in [-0.4, -0.2) is 56.5 Å². The lowest BCUT2D eigenvalue weighted by Gasteiger charge is -2.31. The van der Waals surface area contributed by atoms with Gasteiger partial charge in [0, 0.05) is 11.8 Å². The van der Waals surface area contributed by atoms with E-state index in [-0.39, 0.29) is 17.6 Å². The first-order valence-corrected chi connectivity index (χ1v) is 9.53. The van der Waals surface area contributed by atoms with E-state index in [4.69, 9.17) is 4.74 Å². The lowest BCUT2D eigenvalue weighted by molar-refractivity contribution is -0.895. The third kappa shape index (κ3) is 6.15. The van der Waals surface area contributed by atoms with Crippen molar-refractivity contribution in [2.24, 2.45) is 0 Å². The molecule has 1 heterocycles. The SMILES string of the molecule is COc1ccc(/C=C/C(=O)N2CC[NH+](CC(=O)Nc3cccc(F)c3)CC2)cc1. The van der Waals surface area contributed by atoms with Gasteiger partial charge < -0.3 is 19.9 Å². The first-order valence-electron chi connectivity index (χ1n) is 9.53. The second-order valence-electron chi connectivity index (χ2n) is 6.92. The van der Waals surface area contributed by atoms with Gasteiger partial charge in [0.1, 0.15) is 11.6 Å². The van der Waals surface area contributed by atoms with Gasteiger partial charge in [-0.2, -0.15) is 0 Å². The Morgan fingerprint density at radius 3 is 2.55 bits per heavy atom. The number of methoxy groups -OCH3 is 1. The largest absolute Gasteiger partial charge is 0.497 e. The molecule has 0 spiro atoms. The number of anilines is 1. The fraction of sp³-hybridized carbons (Fsp3) is 0.273. The van der Waals surface area contributed by atoms with Crippen molar-refractivity contribution in [3.05, 3.63) is 66.0 Å². The molecule has 1 aliphatic rings. The number of hydrogen-bond acceptors (Lipinski definition) is 3. The number of benzene rings is 2. The molecule has 0 saturated carbocycles. The fourth-order valence-electron chi connectivity index (χ4n) is 3.21. The van der Waals surface area contributed by atoms with Gasteiger partial charge in [-0.05, 0) is 42.0 Å². The molecule has 1 saturated heterocycles. The van der Waals surface area contributed by atoms with E-state index in [1.807, 2.05) is 24.3 Å². The maximum Gasteiger partial charge on any atom is 0.279 e. The molecule has 29 heavy (non-hydrogen) atoms. The number of carbonyl (C=O) groups is 2. The number of rotatable bonds is 6. The Hall–Kier alpha value is -3.19. The summed E-state index contributed by atoms with van der Waals surface area (Å²) in [4.78, 5) is 27.4. The van der Waals surface area contributed by atoms with E-state index in [2.05, 4.69) is 5.32 Å². The van der Waals surface area contributed by atoms with Crippen LogP contribution in [0.4, 0.5) is 10.1 Å². The second-order valence-corrected chi connectivity index (χ2v) is 6.92. The van der Waals surface area contributed by atoms with Crippen molar-refractivity contribution in [1.29, 1.82) is 0 Å². The Labute approximate surface area is 169 Å². The maximum atomic E-state index is 13.2. The van der Waals surface area contributed by atoms with E-state index in [0.29, 0.717) is 38.4 Å². The zero-order valence-corrected chi connectivity index (χ0v) is 16.4. The Morgan fingerprint density at radius 2 is 1.90 bits per heavy atom. The Bertz CT molecular complexity index is 875. The van der Waals surface area contributed by atoms with Crippen LogP contribution >= 0.6 is 0 Å². The number of ether oxygens (including phenoxy) is 1. The van der Waals surface area contributed by atoms with Crippen molar-refractivity contribution < 1.29 is 23.6 Å². The minimum Gasteiger partial charge on any atom is -0.497 e. The molecular formula is C22H25FN3O3+. The molecule has 0 unspecified atom stereocenters. The van der Waals surface area contributed by atoms with Gasteiger partial charge in [0.15, 0.2) is 6.54 Å². The second kappa shape index (κ2) is 9.84. The van der Waals surface area contributed by atoms with Crippen LogP contribution in [0.3, 0.4) is 0 Å². The van der Waals surface area contributed by atoms with E-state index >= 15 is 0 Å². The van der Waals surface area contributed by atoms with E-state index in [1.54, 1.807) is 36.3 Å². The van der Waals surface area contributed by atoms with E-state index in [1.165, 1.54) is 12.1 Å². The van der Waals surface area contributed by atoms with E-state index in [0.717, 1.165) is 16.2 Å². The van der Waals surface area contributed by atoms with Gasteiger partial charge in [0.05, 0.1) is 33.3 Å². The van der Waals surface area contributed by atoms with Crippen molar-refractivity contribution in [1.82, 2.24) is 4.90 Å². The molecule has 0 aromatic heterocycles. The molecule has 0 bridgehead atoms. The van der Waals surface area contributed by atoms with Crippen LogP contribution in [-0.2, 0) is 9.59 Å².